The monoisotopic (exact) mass is 562 g/mol. The van der Waals surface area contributed by atoms with Crippen LogP contribution in [0.15, 0.2) is 66.7 Å². The molecule has 1 aliphatic rings. The van der Waals surface area contributed by atoms with Gasteiger partial charge in [-0.05, 0) is 48.9 Å². The number of ether oxygens (including phenoxy) is 2. The summed E-state index contributed by atoms with van der Waals surface area (Å²) in [7, 11) is 1.64. The predicted molar refractivity (Wildman–Crippen MR) is 153 cm³/mol. The zero-order valence-electron chi connectivity index (χ0n) is 20.6. The second-order valence-corrected chi connectivity index (χ2v) is 11.3. The lowest BCUT2D eigenvalue weighted by atomic mass is 10.0. The number of thiazole rings is 1. The van der Waals surface area contributed by atoms with Gasteiger partial charge >= 0.3 is 0 Å². The molecular weight excluding hydrogens is 540 g/mol. The fraction of sp³-hybridized carbons (Fsp3) is 0.179. The fourth-order valence-electron chi connectivity index (χ4n) is 4.41. The van der Waals surface area contributed by atoms with Gasteiger partial charge in [0.2, 0.25) is 11.0 Å². The Hall–Kier alpha value is -3.53. The fourth-order valence-corrected chi connectivity index (χ4v) is 6.74. The van der Waals surface area contributed by atoms with Crippen molar-refractivity contribution in [2.24, 2.45) is 0 Å². The van der Waals surface area contributed by atoms with Crippen LogP contribution >= 0.6 is 34.7 Å². The molecule has 0 spiro atoms. The second-order valence-electron chi connectivity index (χ2n) is 8.78. The predicted octanol–water partition coefficient (Wildman–Crippen LogP) is 6.81. The molecule has 2 aromatic heterocycles. The van der Waals surface area contributed by atoms with Crippen molar-refractivity contribution in [1.29, 1.82) is 0 Å². The maximum Gasteiger partial charge on any atom is 0.235 e. The van der Waals surface area contributed by atoms with Crippen molar-refractivity contribution >= 4 is 56.6 Å². The maximum absolute atomic E-state index is 12.7. The first-order valence-electron chi connectivity index (χ1n) is 11.9. The summed E-state index contributed by atoms with van der Waals surface area (Å²) in [5.41, 5.74) is 4.67. The molecule has 192 valence electrons. The summed E-state index contributed by atoms with van der Waals surface area (Å²) in [5, 5.41) is 9.18. The van der Waals surface area contributed by atoms with Crippen LogP contribution in [-0.2, 0) is 11.4 Å². The molecule has 1 atom stereocenters. The minimum Gasteiger partial charge on any atom is -0.497 e. The number of nitrogens with one attached hydrogen (secondary N) is 1. The highest BCUT2D eigenvalue weighted by molar-refractivity contribution is 8.00. The Morgan fingerprint density at radius 1 is 1.11 bits per heavy atom. The smallest absolute Gasteiger partial charge is 0.235 e. The van der Waals surface area contributed by atoms with E-state index in [1.807, 2.05) is 73.7 Å². The summed E-state index contributed by atoms with van der Waals surface area (Å²) in [6, 6.07) is 21.4. The molecule has 1 N–H and O–H groups in total. The number of fused-ring (bicyclic) bond motifs is 2. The zero-order chi connectivity index (χ0) is 26.2. The number of hydrogen-bond acceptors (Lipinski definition) is 7. The first-order chi connectivity index (χ1) is 18.5. The highest BCUT2D eigenvalue weighted by atomic mass is 35.5. The molecule has 7 nitrogen and oxygen atoms in total. The van der Waals surface area contributed by atoms with Gasteiger partial charge in [0.05, 0.1) is 34.0 Å². The Morgan fingerprint density at radius 2 is 1.89 bits per heavy atom. The van der Waals surface area contributed by atoms with E-state index in [4.69, 9.17) is 31.2 Å². The van der Waals surface area contributed by atoms with Crippen LogP contribution in [-0.4, -0.2) is 33.5 Å². The van der Waals surface area contributed by atoms with Gasteiger partial charge in [-0.2, -0.15) is 9.78 Å². The molecule has 3 aromatic carbocycles. The molecule has 6 rings (SSSR count). The Balaban J connectivity index is 1.32. The average Bonchev–Trinajstić information content (AvgIpc) is 3.43. The van der Waals surface area contributed by atoms with Crippen LogP contribution in [0.2, 0.25) is 5.02 Å². The standard InChI is InChI=1S/C28H23ClN4O3S2/c1-16-25-26(17-7-9-19(10-8-17)36-14-18-5-3-4-6-21(18)29)37-15-24(34)31-27(25)33(32-16)28-30-22-12-11-20(35-2)13-23(22)38-28/h3-13,26H,14-15H2,1-2H3,(H,31,34)/t26-/m0/s1. The Kier molecular flexibility index (Phi) is 6.73. The topological polar surface area (TPSA) is 78.3 Å². The van der Waals surface area contributed by atoms with Gasteiger partial charge in [-0.3, -0.25) is 4.79 Å². The van der Waals surface area contributed by atoms with Crippen LogP contribution in [0.3, 0.4) is 0 Å². The normalized spacial score (nSPS) is 15.1. The molecule has 1 aliphatic heterocycles. The lowest BCUT2D eigenvalue weighted by Crippen LogP contribution is -2.15. The minimum atomic E-state index is -0.0789. The molecule has 0 saturated carbocycles. The average molecular weight is 563 g/mol. The Labute approximate surface area is 232 Å². The number of carbonyl (C=O) groups is 1. The number of carbonyl (C=O) groups excluding carboxylic acids is 1. The largest absolute Gasteiger partial charge is 0.497 e. The van der Waals surface area contributed by atoms with E-state index >= 15 is 0 Å². The van der Waals surface area contributed by atoms with Gasteiger partial charge in [-0.15, -0.1) is 11.8 Å². The molecule has 0 radical (unpaired) electrons. The molecule has 1 amide bonds. The number of nitrogens with zero attached hydrogens (tertiary/aromatic N) is 3. The van der Waals surface area contributed by atoms with Crippen molar-refractivity contribution in [3.05, 3.63) is 94.1 Å². The summed E-state index contributed by atoms with van der Waals surface area (Å²) in [6.45, 7) is 2.36. The molecule has 5 aromatic rings. The van der Waals surface area contributed by atoms with E-state index in [9.17, 15) is 4.79 Å². The van der Waals surface area contributed by atoms with Gasteiger partial charge in [0.1, 0.15) is 23.9 Å². The number of methoxy groups -OCH3 is 1. The number of anilines is 1. The molecule has 0 saturated heterocycles. The maximum atomic E-state index is 12.7. The van der Waals surface area contributed by atoms with E-state index in [1.165, 1.54) is 11.3 Å². The van der Waals surface area contributed by atoms with Gasteiger partial charge in [0, 0.05) is 16.1 Å². The van der Waals surface area contributed by atoms with E-state index in [0.29, 0.717) is 28.3 Å². The minimum absolute atomic E-state index is 0.0672. The number of amides is 1. The SMILES string of the molecule is COc1ccc2nc(-n3nc(C)c4c3NC(=O)CS[C@H]4c3ccc(OCc4ccccc4Cl)cc3)sc2c1. The van der Waals surface area contributed by atoms with Crippen LogP contribution in [0.25, 0.3) is 15.3 Å². The summed E-state index contributed by atoms with van der Waals surface area (Å²) in [6.07, 6.45) is 0. The summed E-state index contributed by atoms with van der Waals surface area (Å²) >= 11 is 9.34. The van der Waals surface area contributed by atoms with Gasteiger partial charge in [-0.25, -0.2) is 4.98 Å². The number of aryl methyl sites for hydroxylation is 1. The first kappa shape index (κ1) is 24.8. The van der Waals surface area contributed by atoms with E-state index in [-0.39, 0.29) is 11.2 Å². The molecule has 10 heteroatoms. The molecule has 38 heavy (non-hydrogen) atoms. The number of aromatic nitrogens is 3. The lowest BCUT2D eigenvalue weighted by molar-refractivity contribution is -0.113. The molecule has 0 fully saturated rings. The quantitative estimate of drug-likeness (QED) is 0.245. The van der Waals surface area contributed by atoms with Gasteiger partial charge in [-0.1, -0.05) is 53.3 Å². The van der Waals surface area contributed by atoms with Crippen molar-refractivity contribution in [2.45, 2.75) is 18.8 Å². The molecule has 3 heterocycles. The Morgan fingerprint density at radius 3 is 2.68 bits per heavy atom. The number of benzene rings is 3. The zero-order valence-corrected chi connectivity index (χ0v) is 23.0. The molecular formula is C28H23ClN4O3S2. The van der Waals surface area contributed by atoms with Gasteiger partial charge < -0.3 is 14.8 Å². The van der Waals surface area contributed by atoms with Crippen LogP contribution in [0.5, 0.6) is 11.5 Å². The van der Waals surface area contributed by atoms with Crippen molar-refractivity contribution in [1.82, 2.24) is 14.8 Å². The van der Waals surface area contributed by atoms with Gasteiger partial charge in [0.15, 0.2) is 0 Å². The van der Waals surface area contributed by atoms with E-state index in [2.05, 4.69) is 5.32 Å². The van der Waals surface area contributed by atoms with Crippen LogP contribution in [0, 0.1) is 6.92 Å². The Bertz CT molecular complexity index is 1650. The first-order valence-corrected chi connectivity index (χ1v) is 14.2. The third-order valence-electron chi connectivity index (χ3n) is 6.31. The number of hydrogen-bond donors (Lipinski definition) is 1. The van der Waals surface area contributed by atoms with Crippen LogP contribution in [0.4, 0.5) is 5.82 Å². The summed E-state index contributed by atoms with van der Waals surface area (Å²) < 4.78 is 14.1. The van der Waals surface area contributed by atoms with Crippen LogP contribution in [0.1, 0.15) is 27.6 Å². The molecule has 0 unspecified atom stereocenters. The van der Waals surface area contributed by atoms with E-state index < -0.39 is 0 Å². The van der Waals surface area contributed by atoms with Crippen molar-refractivity contribution in [3.63, 3.8) is 0 Å². The van der Waals surface area contributed by atoms with Crippen molar-refractivity contribution in [2.75, 3.05) is 18.2 Å². The van der Waals surface area contributed by atoms with Gasteiger partial charge in [0.25, 0.3) is 0 Å². The van der Waals surface area contributed by atoms with E-state index in [0.717, 1.165) is 44.1 Å². The number of thioether (sulfide) groups is 1. The number of halogens is 1. The lowest BCUT2D eigenvalue weighted by Gasteiger charge is -2.16. The summed E-state index contributed by atoms with van der Waals surface area (Å²) in [4.78, 5) is 17.5. The highest BCUT2D eigenvalue weighted by Gasteiger charge is 2.31. The summed E-state index contributed by atoms with van der Waals surface area (Å²) in [5.74, 6) is 2.45. The third kappa shape index (κ3) is 4.73. The number of rotatable bonds is 6. The van der Waals surface area contributed by atoms with Crippen LogP contribution < -0.4 is 14.8 Å². The third-order valence-corrected chi connectivity index (χ3v) is 8.94. The van der Waals surface area contributed by atoms with Crippen molar-refractivity contribution in [3.8, 4) is 16.6 Å². The highest BCUT2D eigenvalue weighted by Crippen LogP contribution is 2.44. The molecule has 0 bridgehead atoms. The second kappa shape index (κ2) is 10.3. The van der Waals surface area contributed by atoms with Crippen molar-refractivity contribution < 1.29 is 14.3 Å². The van der Waals surface area contributed by atoms with E-state index in [1.54, 1.807) is 23.6 Å². The molecule has 0 aliphatic carbocycles.